The van der Waals surface area contributed by atoms with Crippen LogP contribution in [0.2, 0.25) is 0 Å². The minimum atomic E-state index is 0.0142. The number of aromatic nitrogens is 1. The van der Waals surface area contributed by atoms with Crippen LogP contribution in [0, 0.1) is 0 Å². The highest BCUT2D eigenvalue weighted by Crippen LogP contribution is 2.22. The highest BCUT2D eigenvalue weighted by molar-refractivity contribution is 7.99. The number of hydrogen-bond donors (Lipinski definition) is 1. The molecule has 1 N–H and O–H groups in total. The summed E-state index contributed by atoms with van der Waals surface area (Å²) in [7, 11) is 1.65. The summed E-state index contributed by atoms with van der Waals surface area (Å²) in [6.45, 7) is 4.32. The molecular weight excluding hydrogens is 336 g/mol. The van der Waals surface area contributed by atoms with Crippen molar-refractivity contribution in [2.24, 2.45) is 0 Å². The average molecular weight is 360 g/mol. The first kappa shape index (κ1) is 19.1. The molecule has 6 heteroatoms. The van der Waals surface area contributed by atoms with Crippen molar-refractivity contribution in [1.29, 1.82) is 0 Å². The molecule has 0 aliphatic rings. The van der Waals surface area contributed by atoms with Crippen LogP contribution >= 0.6 is 11.8 Å². The zero-order valence-electron chi connectivity index (χ0n) is 14.8. The van der Waals surface area contributed by atoms with Gasteiger partial charge in [-0.3, -0.25) is 4.79 Å². The van der Waals surface area contributed by atoms with Gasteiger partial charge in [0.05, 0.1) is 13.2 Å². The minimum Gasteiger partial charge on any atom is -0.497 e. The fraction of sp³-hybridized carbons (Fsp3) is 0.368. The Morgan fingerprint density at radius 3 is 2.68 bits per heavy atom. The van der Waals surface area contributed by atoms with E-state index in [4.69, 9.17) is 9.47 Å². The Kier molecular flexibility index (Phi) is 7.60. The van der Waals surface area contributed by atoms with E-state index in [-0.39, 0.29) is 12.0 Å². The Morgan fingerprint density at radius 2 is 2.00 bits per heavy atom. The number of pyridine rings is 1. The monoisotopic (exact) mass is 360 g/mol. The van der Waals surface area contributed by atoms with Crippen molar-refractivity contribution in [3.05, 3.63) is 48.2 Å². The molecule has 2 aromatic rings. The third kappa shape index (κ3) is 6.66. The summed E-state index contributed by atoms with van der Waals surface area (Å²) in [6.07, 6.45) is 2.19. The molecule has 0 spiro atoms. The summed E-state index contributed by atoms with van der Waals surface area (Å²) in [5, 5.41) is 2.92. The average Bonchev–Trinajstić information content (AvgIpc) is 2.61. The van der Waals surface area contributed by atoms with Crippen LogP contribution in [0.25, 0.3) is 0 Å². The lowest BCUT2D eigenvalue weighted by molar-refractivity contribution is -0.120. The Balaban J connectivity index is 1.75. The summed E-state index contributed by atoms with van der Waals surface area (Å²) in [6, 6.07) is 11.6. The third-order valence-corrected chi connectivity index (χ3v) is 4.34. The first-order valence-corrected chi connectivity index (χ1v) is 9.21. The number of hydrogen-bond acceptors (Lipinski definition) is 5. The largest absolute Gasteiger partial charge is 0.497 e. The van der Waals surface area contributed by atoms with Gasteiger partial charge in [0, 0.05) is 35.4 Å². The molecule has 5 nitrogen and oxygen atoms in total. The van der Waals surface area contributed by atoms with Crippen LogP contribution in [-0.4, -0.2) is 29.9 Å². The number of carbonyl (C=O) groups is 1. The molecule has 1 amide bonds. The van der Waals surface area contributed by atoms with Crippen molar-refractivity contribution in [3.8, 4) is 11.6 Å². The Hall–Kier alpha value is -2.21. The van der Waals surface area contributed by atoms with Gasteiger partial charge in [0.15, 0.2) is 0 Å². The minimum absolute atomic E-state index is 0.0142. The van der Waals surface area contributed by atoms with Gasteiger partial charge in [0.2, 0.25) is 11.8 Å². The number of amides is 1. The second-order valence-corrected chi connectivity index (χ2v) is 6.85. The Morgan fingerprint density at radius 1 is 1.24 bits per heavy atom. The first-order chi connectivity index (χ1) is 12.1. The number of thioether (sulfide) groups is 1. The van der Waals surface area contributed by atoms with E-state index in [9.17, 15) is 4.79 Å². The van der Waals surface area contributed by atoms with Crippen LogP contribution in [0.15, 0.2) is 47.5 Å². The number of carbonyl (C=O) groups excluding carboxylic acids is 1. The quantitative estimate of drug-likeness (QED) is 0.691. The zero-order valence-corrected chi connectivity index (χ0v) is 15.6. The third-order valence-electron chi connectivity index (χ3n) is 3.33. The predicted octanol–water partition coefficient (Wildman–Crippen LogP) is 3.68. The summed E-state index contributed by atoms with van der Waals surface area (Å²) >= 11 is 1.65. The van der Waals surface area contributed by atoms with E-state index in [0.717, 1.165) is 22.0 Å². The lowest BCUT2D eigenvalue weighted by Crippen LogP contribution is -2.23. The van der Waals surface area contributed by atoms with Gasteiger partial charge in [0.25, 0.3) is 0 Å². The van der Waals surface area contributed by atoms with Crippen LogP contribution < -0.4 is 14.8 Å². The van der Waals surface area contributed by atoms with Gasteiger partial charge in [0.1, 0.15) is 5.75 Å². The van der Waals surface area contributed by atoms with Crippen molar-refractivity contribution >= 4 is 17.7 Å². The molecule has 1 heterocycles. The molecule has 0 radical (unpaired) electrons. The molecule has 0 unspecified atom stereocenters. The fourth-order valence-corrected chi connectivity index (χ4v) is 2.96. The van der Waals surface area contributed by atoms with E-state index >= 15 is 0 Å². The van der Waals surface area contributed by atoms with Gasteiger partial charge < -0.3 is 14.8 Å². The molecule has 0 fully saturated rings. The maximum Gasteiger partial charge on any atom is 0.221 e. The maximum absolute atomic E-state index is 12.0. The lowest BCUT2D eigenvalue weighted by Gasteiger charge is -2.13. The maximum atomic E-state index is 12.0. The smallest absolute Gasteiger partial charge is 0.221 e. The predicted molar refractivity (Wildman–Crippen MR) is 100 cm³/mol. The molecule has 0 atom stereocenters. The number of benzene rings is 1. The molecule has 1 aromatic carbocycles. The first-order valence-electron chi connectivity index (χ1n) is 8.22. The number of rotatable bonds is 9. The standard InChI is InChI=1S/C19H24N2O3S/c1-14(2)24-19-15(5-4-11-20-19)13-21-18(22)10-12-25-17-8-6-16(23-3)7-9-17/h4-9,11,14H,10,12-13H2,1-3H3,(H,21,22). The summed E-state index contributed by atoms with van der Waals surface area (Å²) < 4.78 is 10.8. The SMILES string of the molecule is COc1ccc(SCCC(=O)NCc2cccnc2OC(C)C)cc1. The van der Waals surface area contributed by atoms with E-state index in [0.29, 0.717) is 18.8 Å². The van der Waals surface area contributed by atoms with Crippen molar-refractivity contribution in [1.82, 2.24) is 10.3 Å². The molecule has 0 aliphatic heterocycles. The van der Waals surface area contributed by atoms with Gasteiger partial charge in [-0.05, 0) is 44.2 Å². The van der Waals surface area contributed by atoms with Crippen molar-refractivity contribution < 1.29 is 14.3 Å². The molecule has 0 bridgehead atoms. The van der Waals surface area contributed by atoms with Gasteiger partial charge >= 0.3 is 0 Å². The van der Waals surface area contributed by atoms with Gasteiger partial charge in [-0.15, -0.1) is 11.8 Å². The van der Waals surface area contributed by atoms with E-state index < -0.39 is 0 Å². The second-order valence-electron chi connectivity index (χ2n) is 5.69. The molecule has 0 saturated heterocycles. The van der Waals surface area contributed by atoms with Crippen LogP contribution in [0.5, 0.6) is 11.6 Å². The fourth-order valence-electron chi connectivity index (χ4n) is 2.10. The number of methoxy groups -OCH3 is 1. The highest BCUT2D eigenvalue weighted by Gasteiger charge is 2.08. The molecular formula is C19H24N2O3S. The molecule has 134 valence electrons. The Labute approximate surface area is 153 Å². The van der Waals surface area contributed by atoms with E-state index in [2.05, 4.69) is 10.3 Å². The van der Waals surface area contributed by atoms with Crippen LogP contribution in [0.4, 0.5) is 0 Å². The van der Waals surface area contributed by atoms with Crippen LogP contribution in [-0.2, 0) is 11.3 Å². The molecule has 0 aliphatic carbocycles. The summed E-state index contributed by atoms with van der Waals surface area (Å²) in [4.78, 5) is 17.4. The Bertz CT molecular complexity index is 675. The molecule has 0 saturated carbocycles. The van der Waals surface area contributed by atoms with Crippen LogP contribution in [0.1, 0.15) is 25.8 Å². The molecule has 25 heavy (non-hydrogen) atoms. The van der Waals surface area contributed by atoms with Gasteiger partial charge in [-0.25, -0.2) is 4.98 Å². The molecule has 2 rings (SSSR count). The van der Waals surface area contributed by atoms with Crippen LogP contribution in [0.3, 0.4) is 0 Å². The molecule has 1 aromatic heterocycles. The summed E-state index contributed by atoms with van der Waals surface area (Å²) in [5.41, 5.74) is 0.882. The van der Waals surface area contributed by atoms with Crippen molar-refractivity contribution in [2.75, 3.05) is 12.9 Å². The van der Waals surface area contributed by atoms with E-state index in [1.807, 2.05) is 50.2 Å². The lowest BCUT2D eigenvalue weighted by atomic mass is 10.2. The number of nitrogens with one attached hydrogen (secondary N) is 1. The van der Waals surface area contributed by atoms with Crippen molar-refractivity contribution in [2.45, 2.75) is 37.8 Å². The van der Waals surface area contributed by atoms with Gasteiger partial charge in [-0.2, -0.15) is 0 Å². The van der Waals surface area contributed by atoms with E-state index in [1.165, 1.54) is 0 Å². The highest BCUT2D eigenvalue weighted by atomic mass is 32.2. The van der Waals surface area contributed by atoms with Crippen molar-refractivity contribution in [3.63, 3.8) is 0 Å². The topological polar surface area (TPSA) is 60.5 Å². The van der Waals surface area contributed by atoms with E-state index in [1.54, 1.807) is 25.1 Å². The van der Waals surface area contributed by atoms with Gasteiger partial charge in [-0.1, -0.05) is 6.07 Å². The number of nitrogens with zero attached hydrogens (tertiary/aromatic N) is 1. The summed E-state index contributed by atoms with van der Waals surface area (Å²) in [5.74, 6) is 2.14. The zero-order chi connectivity index (χ0) is 18.1. The second kappa shape index (κ2) is 9.93. The number of ether oxygens (including phenoxy) is 2. The normalized spacial score (nSPS) is 10.6.